The van der Waals surface area contributed by atoms with Gasteiger partial charge in [-0.3, -0.25) is 19.3 Å². The van der Waals surface area contributed by atoms with Crippen LogP contribution in [0.15, 0.2) is 72.8 Å². The summed E-state index contributed by atoms with van der Waals surface area (Å²) in [5.41, 5.74) is 12.7. The molecule has 41 heavy (non-hydrogen) atoms. The molecule has 0 spiro atoms. The molecule has 1 aromatic heterocycles. The van der Waals surface area contributed by atoms with Crippen LogP contribution in [0.5, 0.6) is 17.2 Å². The second-order valence-electron chi connectivity index (χ2n) is 8.73. The molecule has 0 aliphatic rings. The molecule has 0 radical (unpaired) electrons. The maximum atomic E-state index is 14.3. The second kappa shape index (κ2) is 12.8. The van der Waals surface area contributed by atoms with Crippen LogP contribution >= 0.6 is 11.5 Å². The minimum absolute atomic E-state index is 0.0638. The van der Waals surface area contributed by atoms with Gasteiger partial charge in [-0.05, 0) is 46.9 Å². The molecule has 1 heterocycles. The van der Waals surface area contributed by atoms with Crippen LogP contribution in [0.25, 0.3) is 0 Å². The molecular weight excluding hydrogens is 546 g/mol. The largest absolute Gasteiger partial charge is 0.497 e. The Kier molecular flexibility index (Phi) is 9.05. The zero-order valence-electron chi connectivity index (χ0n) is 22.6. The SMILES string of the molecule is COc1ccc([C@@H](C(=O)NCc2ccccc2)N(C(=O)c2snc(C(N)=O)c2N)c2ccc(OC)cc2OC)cc1. The highest BCUT2D eigenvalue weighted by Gasteiger charge is 2.37. The van der Waals surface area contributed by atoms with Gasteiger partial charge < -0.3 is 31.0 Å². The van der Waals surface area contributed by atoms with Gasteiger partial charge in [0, 0.05) is 12.6 Å². The van der Waals surface area contributed by atoms with Crippen molar-refractivity contribution in [3.05, 3.63) is 94.5 Å². The summed E-state index contributed by atoms with van der Waals surface area (Å²) < 4.78 is 20.2. The summed E-state index contributed by atoms with van der Waals surface area (Å²) in [6, 6.07) is 19.7. The topological polar surface area (TPSA) is 159 Å². The predicted octanol–water partition coefficient (Wildman–Crippen LogP) is 3.55. The minimum Gasteiger partial charge on any atom is -0.497 e. The van der Waals surface area contributed by atoms with Gasteiger partial charge in [0.2, 0.25) is 5.91 Å². The molecule has 4 aromatic rings. The normalized spacial score (nSPS) is 11.3. The molecule has 0 aliphatic carbocycles. The molecule has 12 heteroatoms. The molecule has 3 aromatic carbocycles. The van der Waals surface area contributed by atoms with Gasteiger partial charge in [0.05, 0.1) is 32.7 Å². The van der Waals surface area contributed by atoms with Crippen LogP contribution in [0.1, 0.15) is 37.3 Å². The Hall–Kier alpha value is -5.10. The minimum atomic E-state index is -1.21. The number of aromatic nitrogens is 1. The Morgan fingerprint density at radius 3 is 2.17 bits per heavy atom. The van der Waals surface area contributed by atoms with Crippen LogP contribution in [-0.2, 0) is 11.3 Å². The number of anilines is 2. The van der Waals surface area contributed by atoms with Crippen LogP contribution < -0.4 is 35.9 Å². The van der Waals surface area contributed by atoms with E-state index >= 15 is 0 Å². The zero-order chi connectivity index (χ0) is 29.5. The van der Waals surface area contributed by atoms with Crippen molar-refractivity contribution in [3.63, 3.8) is 0 Å². The quantitative estimate of drug-likeness (QED) is 0.245. The van der Waals surface area contributed by atoms with Crippen LogP contribution in [0.2, 0.25) is 0 Å². The van der Waals surface area contributed by atoms with E-state index in [1.54, 1.807) is 42.5 Å². The molecule has 0 fully saturated rings. The van der Waals surface area contributed by atoms with Crippen LogP contribution in [-0.4, -0.2) is 43.4 Å². The first kappa shape index (κ1) is 28.9. The van der Waals surface area contributed by atoms with Crippen molar-refractivity contribution in [2.45, 2.75) is 12.6 Å². The van der Waals surface area contributed by atoms with E-state index in [2.05, 4.69) is 9.69 Å². The lowest BCUT2D eigenvalue weighted by Crippen LogP contribution is -2.44. The molecule has 0 saturated heterocycles. The summed E-state index contributed by atoms with van der Waals surface area (Å²) in [7, 11) is 4.46. The number of carbonyl (C=O) groups is 3. The number of hydrogen-bond acceptors (Lipinski definition) is 9. The maximum absolute atomic E-state index is 14.3. The van der Waals surface area contributed by atoms with Crippen LogP contribution in [0.3, 0.4) is 0 Å². The van der Waals surface area contributed by atoms with Gasteiger partial charge in [-0.1, -0.05) is 42.5 Å². The summed E-state index contributed by atoms with van der Waals surface area (Å²) in [4.78, 5) is 41.4. The predicted molar refractivity (Wildman–Crippen MR) is 155 cm³/mol. The molecule has 0 aliphatic heterocycles. The molecule has 5 N–H and O–H groups in total. The van der Waals surface area contributed by atoms with E-state index in [9.17, 15) is 14.4 Å². The third-order valence-corrected chi connectivity index (χ3v) is 7.12. The smallest absolute Gasteiger partial charge is 0.273 e. The van der Waals surface area contributed by atoms with Crippen molar-refractivity contribution < 1.29 is 28.6 Å². The third kappa shape index (κ3) is 6.23. The number of ether oxygens (including phenoxy) is 3. The van der Waals surface area contributed by atoms with E-state index in [0.29, 0.717) is 28.6 Å². The van der Waals surface area contributed by atoms with Gasteiger partial charge in [0.25, 0.3) is 11.8 Å². The fourth-order valence-electron chi connectivity index (χ4n) is 4.17. The summed E-state index contributed by atoms with van der Waals surface area (Å²) >= 11 is 0.713. The fourth-order valence-corrected chi connectivity index (χ4v) is 4.92. The highest BCUT2D eigenvalue weighted by molar-refractivity contribution is 7.09. The zero-order valence-corrected chi connectivity index (χ0v) is 23.4. The first-order valence-corrected chi connectivity index (χ1v) is 13.1. The lowest BCUT2D eigenvalue weighted by molar-refractivity contribution is -0.122. The lowest BCUT2D eigenvalue weighted by atomic mass is 10.0. The van der Waals surface area contributed by atoms with E-state index in [-0.39, 0.29) is 34.2 Å². The van der Waals surface area contributed by atoms with E-state index in [1.807, 2.05) is 30.3 Å². The summed E-state index contributed by atoms with van der Waals surface area (Å²) in [6.45, 7) is 0.211. The molecule has 11 nitrogen and oxygen atoms in total. The van der Waals surface area contributed by atoms with E-state index in [0.717, 1.165) is 5.56 Å². The Morgan fingerprint density at radius 2 is 1.59 bits per heavy atom. The number of benzene rings is 3. The van der Waals surface area contributed by atoms with Crippen molar-refractivity contribution in [1.29, 1.82) is 0 Å². The first-order valence-electron chi connectivity index (χ1n) is 12.3. The summed E-state index contributed by atoms with van der Waals surface area (Å²) in [5.74, 6) is -0.755. The van der Waals surface area contributed by atoms with Gasteiger partial charge >= 0.3 is 0 Å². The number of rotatable bonds is 11. The van der Waals surface area contributed by atoms with Gasteiger partial charge in [0.15, 0.2) is 5.69 Å². The van der Waals surface area contributed by atoms with E-state index in [1.165, 1.54) is 26.2 Å². The van der Waals surface area contributed by atoms with Gasteiger partial charge in [0.1, 0.15) is 28.2 Å². The number of methoxy groups -OCH3 is 3. The molecule has 0 bridgehead atoms. The second-order valence-corrected chi connectivity index (χ2v) is 9.50. The average molecular weight is 576 g/mol. The standard InChI is InChI=1S/C29H29N5O6S/c1-38-19-11-9-18(10-12-19)25(28(36)32-16-17-7-5-4-6-8-17)34(21-14-13-20(39-2)15-22(21)40-3)29(37)26-23(30)24(27(31)35)33-41-26/h4-15,25H,16,30H2,1-3H3,(H2,31,35)(H,32,36)/t25-/m0/s1. The number of amides is 3. The van der Waals surface area contributed by atoms with Crippen LogP contribution in [0, 0.1) is 0 Å². The molecule has 212 valence electrons. The molecule has 1 atom stereocenters. The first-order chi connectivity index (χ1) is 19.8. The summed E-state index contributed by atoms with van der Waals surface area (Å²) in [5, 5.41) is 2.93. The van der Waals surface area contributed by atoms with Crippen molar-refractivity contribution >= 4 is 40.6 Å². The highest BCUT2D eigenvalue weighted by Crippen LogP contribution is 2.40. The number of hydrogen-bond donors (Lipinski definition) is 3. The molecule has 0 unspecified atom stereocenters. The number of nitrogens with two attached hydrogens (primary N) is 2. The van der Waals surface area contributed by atoms with Crippen molar-refractivity contribution in [3.8, 4) is 17.2 Å². The molecule has 4 rings (SSSR count). The highest BCUT2D eigenvalue weighted by atomic mass is 32.1. The van der Waals surface area contributed by atoms with E-state index < -0.39 is 23.8 Å². The Bertz CT molecular complexity index is 1540. The number of nitrogens with zero attached hydrogens (tertiary/aromatic N) is 2. The maximum Gasteiger partial charge on any atom is 0.273 e. The Morgan fingerprint density at radius 1 is 0.927 bits per heavy atom. The van der Waals surface area contributed by atoms with Gasteiger partial charge in [-0.25, -0.2) is 0 Å². The van der Waals surface area contributed by atoms with Crippen molar-refractivity contribution in [1.82, 2.24) is 9.69 Å². The number of carbonyl (C=O) groups excluding carboxylic acids is 3. The van der Waals surface area contributed by atoms with Crippen LogP contribution in [0.4, 0.5) is 11.4 Å². The molecule has 0 saturated carbocycles. The monoisotopic (exact) mass is 575 g/mol. The number of primary amides is 1. The Labute approximate surface area is 240 Å². The van der Waals surface area contributed by atoms with Crippen molar-refractivity contribution in [2.75, 3.05) is 32.0 Å². The lowest BCUT2D eigenvalue weighted by Gasteiger charge is -2.32. The van der Waals surface area contributed by atoms with Crippen molar-refractivity contribution in [2.24, 2.45) is 5.73 Å². The van der Waals surface area contributed by atoms with E-state index in [4.69, 9.17) is 25.7 Å². The number of nitrogen functional groups attached to an aromatic ring is 1. The fraction of sp³-hybridized carbons (Fsp3) is 0.172. The Balaban J connectivity index is 1.90. The van der Waals surface area contributed by atoms with Gasteiger partial charge in [-0.2, -0.15) is 4.37 Å². The third-order valence-electron chi connectivity index (χ3n) is 6.27. The molecular formula is C29H29N5O6S. The average Bonchev–Trinajstić information content (AvgIpc) is 3.40. The summed E-state index contributed by atoms with van der Waals surface area (Å²) in [6.07, 6.45) is 0. The molecule has 3 amide bonds. The van der Waals surface area contributed by atoms with Gasteiger partial charge in [-0.15, -0.1) is 0 Å². The number of nitrogens with one attached hydrogen (secondary N) is 1.